The summed E-state index contributed by atoms with van der Waals surface area (Å²) in [5, 5.41) is 4.01. The summed E-state index contributed by atoms with van der Waals surface area (Å²) in [6.45, 7) is 5.09. The Balaban J connectivity index is 1.35. The summed E-state index contributed by atoms with van der Waals surface area (Å²) in [4.78, 5) is 35.0. The fourth-order valence-electron chi connectivity index (χ4n) is 4.26. The number of thiazole rings is 1. The number of para-hydroxylation sites is 1. The van der Waals surface area contributed by atoms with Gasteiger partial charge in [-0.2, -0.15) is 0 Å². The third-order valence-corrected chi connectivity index (χ3v) is 7.37. The van der Waals surface area contributed by atoms with Crippen LogP contribution in [0.2, 0.25) is 0 Å². The molecule has 6 nitrogen and oxygen atoms in total. The number of anilines is 1. The van der Waals surface area contributed by atoms with Gasteiger partial charge in [0.1, 0.15) is 4.88 Å². The highest BCUT2D eigenvalue weighted by Gasteiger charge is 2.28. The molecule has 0 unspecified atom stereocenters. The summed E-state index contributed by atoms with van der Waals surface area (Å²) < 4.78 is 0. The van der Waals surface area contributed by atoms with E-state index in [0.29, 0.717) is 19.0 Å². The van der Waals surface area contributed by atoms with E-state index in [0.717, 1.165) is 60.0 Å². The van der Waals surface area contributed by atoms with Crippen LogP contribution in [0.5, 0.6) is 0 Å². The van der Waals surface area contributed by atoms with Crippen LogP contribution in [-0.4, -0.2) is 52.9 Å². The first kappa shape index (κ1) is 20.8. The maximum atomic E-state index is 13.0. The molecule has 160 valence electrons. The molecule has 2 aliphatic heterocycles. The fraction of sp³-hybridized carbons (Fsp3) is 0.522. The zero-order valence-corrected chi connectivity index (χ0v) is 18.4. The average molecular weight is 427 g/mol. The number of amides is 3. The van der Waals surface area contributed by atoms with E-state index in [1.54, 1.807) is 11.3 Å². The smallest absolute Gasteiger partial charge is 0.321 e. The van der Waals surface area contributed by atoms with Crippen LogP contribution >= 0.6 is 11.3 Å². The molecule has 0 radical (unpaired) electrons. The van der Waals surface area contributed by atoms with E-state index in [-0.39, 0.29) is 11.9 Å². The number of benzene rings is 1. The molecule has 2 aliphatic rings. The van der Waals surface area contributed by atoms with E-state index >= 15 is 0 Å². The number of aryl methyl sites for hydroxylation is 1. The van der Waals surface area contributed by atoms with Crippen LogP contribution in [0.1, 0.15) is 64.8 Å². The average Bonchev–Trinajstić information content (AvgIpc) is 2.97. The minimum Gasteiger partial charge on any atom is -0.338 e. The minimum atomic E-state index is -0.0491. The monoisotopic (exact) mass is 426 g/mol. The summed E-state index contributed by atoms with van der Waals surface area (Å²) in [5.74, 6) is 0.470. The maximum absolute atomic E-state index is 13.0. The summed E-state index contributed by atoms with van der Waals surface area (Å²) >= 11 is 1.57. The van der Waals surface area contributed by atoms with Gasteiger partial charge in [-0.15, -0.1) is 11.3 Å². The predicted molar refractivity (Wildman–Crippen MR) is 120 cm³/mol. The van der Waals surface area contributed by atoms with Crippen molar-refractivity contribution in [3.63, 3.8) is 0 Å². The van der Waals surface area contributed by atoms with Crippen molar-refractivity contribution in [2.45, 2.75) is 51.4 Å². The topological polar surface area (TPSA) is 65.5 Å². The molecule has 0 spiro atoms. The van der Waals surface area contributed by atoms with E-state index < -0.39 is 0 Å². The molecule has 0 atom stereocenters. The number of piperidine rings is 1. The summed E-state index contributed by atoms with van der Waals surface area (Å²) in [7, 11) is 0. The highest BCUT2D eigenvalue weighted by Crippen LogP contribution is 2.33. The van der Waals surface area contributed by atoms with Crippen molar-refractivity contribution in [2.75, 3.05) is 31.5 Å². The fourth-order valence-corrected chi connectivity index (χ4v) is 5.47. The minimum absolute atomic E-state index is 0.0491. The summed E-state index contributed by atoms with van der Waals surface area (Å²) in [6.07, 6.45) is 6.39. The molecule has 1 aromatic carbocycles. The lowest BCUT2D eigenvalue weighted by molar-refractivity contribution is 0.0765. The zero-order valence-electron chi connectivity index (χ0n) is 17.6. The van der Waals surface area contributed by atoms with Crippen molar-refractivity contribution in [3.05, 3.63) is 45.9 Å². The molecular formula is C23H30N4O2S. The van der Waals surface area contributed by atoms with Gasteiger partial charge in [-0.3, -0.25) is 4.79 Å². The number of carbonyl (C=O) groups is 2. The van der Waals surface area contributed by atoms with E-state index in [2.05, 4.69) is 5.32 Å². The lowest BCUT2D eigenvalue weighted by atomic mass is 9.98. The van der Waals surface area contributed by atoms with Gasteiger partial charge in [0.25, 0.3) is 5.91 Å². The standard InChI is InChI=1S/C23H30N4O2S/c1-17-20(22(28)26-13-7-2-3-8-14-26)30-21(24-17)18-11-15-27(16-12-18)23(29)25-19-9-5-4-6-10-19/h4-6,9-10,18H,2-3,7-8,11-16H2,1H3,(H,25,29). The highest BCUT2D eigenvalue weighted by molar-refractivity contribution is 7.13. The van der Waals surface area contributed by atoms with Gasteiger partial charge in [-0.1, -0.05) is 31.0 Å². The van der Waals surface area contributed by atoms with Crippen LogP contribution in [-0.2, 0) is 0 Å². The van der Waals surface area contributed by atoms with Crippen LogP contribution in [0.4, 0.5) is 10.5 Å². The van der Waals surface area contributed by atoms with Gasteiger partial charge in [0.05, 0.1) is 10.7 Å². The second kappa shape index (κ2) is 9.60. The Morgan fingerprint density at radius 3 is 2.30 bits per heavy atom. The molecule has 2 saturated heterocycles. The molecule has 7 heteroatoms. The number of carbonyl (C=O) groups excluding carboxylic acids is 2. The molecule has 3 amide bonds. The first-order valence-electron chi connectivity index (χ1n) is 11.0. The van der Waals surface area contributed by atoms with Crippen molar-refractivity contribution < 1.29 is 9.59 Å². The third-order valence-electron chi connectivity index (χ3n) is 6.06. The number of nitrogens with one attached hydrogen (secondary N) is 1. The van der Waals surface area contributed by atoms with E-state index in [1.165, 1.54) is 12.8 Å². The Bertz CT molecular complexity index is 867. The molecule has 2 aromatic rings. The van der Waals surface area contributed by atoms with Crippen LogP contribution in [0, 0.1) is 6.92 Å². The van der Waals surface area contributed by atoms with Crippen LogP contribution in [0.25, 0.3) is 0 Å². The first-order chi connectivity index (χ1) is 14.6. The second-order valence-corrected chi connectivity index (χ2v) is 9.26. The molecule has 2 fully saturated rings. The van der Waals surface area contributed by atoms with E-state index in [9.17, 15) is 9.59 Å². The van der Waals surface area contributed by atoms with Crippen LogP contribution in [0.15, 0.2) is 30.3 Å². The molecular weight excluding hydrogens is 396 g/mol. The predicted octanol–water partition coefficient (Wildman–Crippen LogP) is 4.88. The molecule has 0 bridgehead atoms. The second-order valence-electron chi connectivity index (χ2n) is 8.23. The molecule has 0 saturated carbocycles. The van der Waals surface area contributed by atoms with Crippen LogP contribution in [0.3, 0.4) is 0 Å². The van der Waals surface area contributed by atoms with Crippen molar-refractivity contribution in [2.24, 2.45) is 0 Å². The molecule has 30 heavy (non-hydrogen) atoms. The Morgan fingerprint density at radius 2 is 1.63 bits per heavy atom. The Hall–Kier alpha value is -2.41. The normalized spacial score (nSPS) is 18.2. The number of urea groups is 1. The van der Waals surface area contributed by atoms with E-state index in [4.69, 9.17) is 4.98 Å². The van der Waals surface area contributed by atoms with Gasteiger partial charge in [-0.25, -0.2) is 9.78 Å². The van der Waals surface area contributed by atoms with Crippen molar-refractivity contribution in [1.82, 2.24) is 14.8 Å². The summed E-state index contributed by atoms with van der Waals surface area (Å²) in [5.41, 5.74) is 1.67. The Morgan fingerprint density at radius 1 is 0.967 bits per heavy atom. The van der Waals surface area contributed by atoms with Crippen molar-refractivity contribution in [3.8, 4) is 0 Å². The first-order valence-corrected chi connectivity index (χ1v) is 11.8. The Kier molecular flexibility index (Phi) is 6.67. The summed E-state index contributed by atoms with van der Waals surface area (Å²) in [6, 6.07) is 9.50. The van der Waals surface area contributed by atoms with Gasteiger partial charge in [0.15, 0.2) is 0 Å². The van der Waals surface area contributed by atoms with Gasteiger partial charge in [-0.05, 0) is 44.7 Å². The number of hydrogen-bond acceptors (Lipinski definition) is 4. The molecule has 1 aromatic heterocycles. The lowest BCUT2D eigenvalue weighted by Gasteiger charge is -2.31. The van der Waals surface area contributed by atoms with Gasteiger partial charge in [0, 0.05) is 37.8 Å². The maximum Gasteiger partial charge on any atom is 0.321 e. The van der Waals surface area contributed by atoms with Crippen molar-refractivity contribution in [1.29, 1.82) is 0 Å². The zero-order chi connectivity index (χ0) is 20.9. The lowest BCUT2D eigenvalue weighted by Crippen LogP contribution is -2.40. The molecule has 3 heterocycles. The number of rotatable bonds is 3. The van der Waals surface area contributed by atoms with Crippen LogP contribution < -0.4 is 5.32 Å². The molecule has 0 aliphatic carbocycles. The number of hydrogen-bond donors (Lipinski definition) is 1. The highest BCUT2D eigenvalue weighted by atomic mass is 32.1. The number of likely N-dealkylation sites (tertiary alicyclic amines) is 2. The molecule has 1 N–H and O–H groups in total. The van der Waals surface area contributed by atoms with Gasteiger partial charge >= 0.3 is 6.03 Å². The largest absolute Gasteiger partial charge is 0.338 e. The third kappa shape index (κ3) is 4.83. The SMILES string of the molecule is Cc1nc(C2CCN(C(=O)Nc3ccccc3)CC2)sc1C(=O)N1CCCCCC1. The van der Waals surface area contributed by atoms with Gasteiger partial charge in [0.2, 0.25) is 0 Å². The van der Waals surface area contributed by atoms with Gasteiger partial charge < -0.3 is 15.1 Å². The van der Waals surface area contributed by atoms with Crippen molar-refractivity contribution >= 4 is 29.0 Å². The number of nitrogens with zero attached hydrogens (tertiary/aromatic N) is 3. The Labute approximate surface area is 182 Å². The van der Waals surface area contributed by atoms with E-state index in [1.807, 2.05) is 47.1 Å². The number of aromatic nitrogens is 1. The molecule has 4 rings (SSSR count). The quantitative estimate of drug-likeness (QED) is 0.761.